The maximum Gasteiger partial charge on any atom is 0.133 e. The molecule has 0 aromatic heterocycles. The number of ketones is 1. The van der Waals surface area contributed by atoms with Crippen molar-refractivity contribution in [2.24, 2.45) is 5.92 Å². The van der Waals surface area contributed by atoms with Gasteiger partial charge in [-0.15, -0.1) is 0 Å². The molecule has 0 aromatic rings. The van der Waals surface area contributed by atoms with E-state index in [0.29, 0.717) is 5.75 Å². The Morgan fingerprint density at radius 3 is 2.38 bits per heavy atom. The number of Topliss-reactive ketones (excluding diaryl/α,β-unsaturated/α-hetero) is 1. The van der Waals surface area contributed by atoms with Gasteiger partial charge in [-0.05, 0) is 19.8 Å². The zero-order chi connectivity index (χ0) is 9.84. The van der Waals surface area contributed by atoms with E-state index in [4.69, 9.17) is 0 Å². The molecule has 0 N–H and O–H groups in total. The van der Waals surface area contributed by atoms with Gasteiger partial charge in [0, 0.05) is 24.8 Å². The molecule has 0 aromatic carbocycles. The van der Waals surface area contributed by atoms with Crippen molar-refractivity contribution in [3.8, 4) is 0 Å². The Bertz CT molecular complexity index is 210. The van der Waals surface area contributed by atoms with Gasteiger partial charge in [0.15, 0.2) is 0 Å². The summed E-state index contributed by atoms with van der Waals surface area (Å²) in [5.41, 5.74) is 0. The average Bonchev–Trinajstić information content (AvgIpc) is 2.17. The van der Waals surface area contributed by atoms with Crippen LogP contribution in [0.5, 0.6) is 0 Å². The fourth-order valence-corrected chi connectivity index (χ4v) is 2.63. The first-order valence-electron chi connectivity index (χ1n) is 4.79. The molecule has 1 rings (SSSR count). The Kier molecular flexibility index (Phi) is 4.06. The molecule has 1 aliphatic heterocycles. The quantitative estimate of drug-likeness (QED) is 0.685. The van der Waals surface area contributed by atoms with Crippen LogP contribution < -0.4 is 0 Å². The molecule has 1 fully saturated rings. The number of carbonyl (C=O) groups excluding carboxylic acids is 1. The summed E-state index contributed by atoms with van der Waals surface area (Å²) in [5, 5.41) is 0. The summed E-state index contributed by atoms with van der Waals surface area (Å²) in [5.74, 6) is 1.18. The van der Waals surface area contributed by atoms with Crippen molar-refractivity contribution in [2.45, 2.75) is 26.7 Å². The SMILES string of the molecule is CCS(=O)N1CCC(C(C)=O)CC1. The van der Waals surface area contributed by atoms with E-state index in [1.54, 1.807) is 6.92 Å². The molecule has 1 unspecified atom stereocenters. The van der Waals surface area contributed by atoms with Crippen molar-refractivity contribution in [3.63, 3.8) is 0 Å². The predicted octanol–water partition coefficient (Wildman–Crippen LogP) is 0.971. The lowest BCUT2D eigenvalue weighted by atomic mass is 9.95. The van der Waals surface area contributed by atoms with Crippen LogP contribution in [-0.2, 0) is 15.8 Å². The van der Waals surface area contributed by atoms with Crippen LogP contribution in [0.4, 0.5) is 0 Å². The molecule has 0 amide bonds. The summed E-state index contributed by atoms with van der Waals surface area (Å²) in [7, 11) is -0.820. The highest BCUT2D eigenvalue weighted by Gasteiger charge is 2.24. The molecule has 13 heavy (non-hydrogen) atoms. The normalized spacial score (nSPS) is 22.9. The van der Waals surface area contributed by atoms with Gasteiger partial charge in [-0.25, -0.2) is 8.51 Å². The Morgan fingerprint density at radius 1 is 1.46 bits per heavy atom. The third-order valence-corrected chi connectivity index (χ3v) is 4.00. The number of hydrogen-bond acceptors (Lipinski definition) is 2. The molecular formula is C9H17NO2S. The topological polar surface area (TPSA) is 37.4 Å². The lowest BCUT2D eigenvalue weighted by Crippen LogP contribution is -2.37. The lowest BCUT2D eigenvalue weighted by Gasteiger charge is -2.29. The largest absolute Gasteiger partial charge is 0.300 e. The molecule has 1 heterocycles. The molecule has 1 saturated heterocycles. The van der Waals surface area contributed by atoms with Gasteiger partial charge in [-0.1, -0.05) is 6.92 Å². The number of nitrogens with zero attached hydrogens (tertiary/aromatic N) is 1. The molecule has 76 valence electrons. The van der Waals surface area contributed by atoms with E-state index in [-0.39, 0.29) is 11.7 Å². The number of rotatable bonds is 3. The molecule has 3 nitrogen and oxygen atoms in total. The minimum atomic E-state index is -0.820. The van der Waals surface area contributed by atoms with Gasteiger partial charge in [0.1, 0.15) is 5.78 Å². The standard InChI is InChI=1S/C9H17NO2S/c1-3-13(12)10-6-4-9(5-7-10)8(2)11/h9H,3-7H2,1-2H3. The summed E-state index contributed by atoms with van der Waals surface area (Å²) in [4.78, 5) is 11.1. The second kappa shape index (κ2) is 4.86. The van der Waals surface area contributed by atoms with Crippen LogP contribution in [0.1, 0.15) is 26.7 Å². The summed E-state index contributed by atoms with van der Waals surface area (Å²) < 4.78 is 13.4. The van der Waals surface area contributed by atoms with Gasteiger partial charge >= 0.3 is 0 Å². The Balaban J connectivity index is 2.39. The van der Waals surface area contributed by atoms with E-state index in [2.05, 4.69) is 0 Å². The number of carbonyl (C=O) groups is 1. The zero-order valence-electron chi connectivity index (χ0n) is 8.28. The van der Waals surface area contributed by atoms with Crippen LogP contribution in [-0.4, -0.2) is 33.1 Å². The molecular weight excluding hydrogens is 186 g/mol. The van der Waals surface area contributed by atoms with E-state index in [1.165, 1.54) is 0 Å². The Hall–Kier alpha value is -0.220. The van der Waals surface area contributed by atoms with Crippen molar-refractivity contribution in [1.82, 2.24) is 4.31 Å². The zero-order valence-corrected chi connectivity index (χ0v) is 9.10. The Morgan fingerprint density at radius 2 is 2.00 bits per heavy atom. The molecule has 0 radical (unpaired) electrons. The lowest BCUT2D eigenvalue weighted by molar-refractivity contribution is -0.121. The third-order valence-electron chi connectivity index (χ3n) is 2.56. The number of piperidine rings is 1. The first kappa shape index (κ1) is 10.9. The summed E-state index contributed by atoms with van der Waals surface area (Å²) >= 11 is 0. The fourth-order valence-electron chi connectivity index (χ4n) is 1.65. The molecule has 1 aliphatic rings. The average molecular weight is 203 g/mol. The van der Waals surface area contributed by atoms with E-state index in [9.17, 15) is 9.00 Å². The van der Waals surface area contributed by atoms with Crippen LogP contribution >= 0.6 is 0 Å². The third kappa shape index (κ3) is 2.88. The van der Waals surface area contributed by atoms with Crippen LogP contribution in [0.25, 0.3) is 0 Å². The van der Waals surface area contributed by atoms with Gasteiger partial charge in [0.05, 0.1) is 11.0 Å². The van der Waals surface area contributed by atoms with Crippen molar-refractivity contribution in [2.75, 3.05) is 18.8 Å². The van der Waals surface area contributed by atoms with Gasteiger partial charge in [0.25, 0.3) is 0 Å². The van der Waals surface area contributed by atoms with E-state index >= 15 is 0 Å². The van der Waals surface area contributed by atoms with Crippen molar-refractivity contribution < 1.29 is 9.00 Å². The summed E-state index contributed by atoms with van der Waals surface area (Å²) in [6.45, 7) is 5.19. The van der Waals surface area contributed by atoms with Crippen LogP contribution in [0.15, 0.2) is 0 Å². The van der Waals surface area contributed by atoms with Crippen LogP contribution in [0.3, 0.4) is 0 Å². The van der Waals surface area contributed by atoms with E-state index in [0.717, 1.165) is 25.9 Å². The second-order valence-electron chi connectivity index (χ2n) is 3.42. The molecule has 0 aliphatic carbocycles. The van der Waals surface area contributed by atoms with Crippen LogP contribution in [0.2, 0.25) is 0 Å². The molecule has 0 spiro atoms. The summed E-state index contributed by atoms with van der Waals surface area (Å²) in [6, 6.07) is 0. The molecule has 0 bridgehead atoms. The van der Waals surface area contributed by atoms with E-state index in [1.807, 2.05) is 11.2 Å². The minimum absolute atomic E-state index is 0.213. The molecule has 0 saturated carbocycles. The first-order valence-corrected chi connectivity index (χ1v) is 6.06. The highest BCUT2D eigenvalue weighted by atomic mass is 32.2. The van der Waals surface area contributed by atoms with Gasteiger partial charge in [-0.3, -0.25) is 4.79 Å². The number of hydrogen-bond donors (Lipinski definition) is 0. The van der Waals surface area contributed by atoms with Crippen molar-refractivity contribution in [1.29, 1.82) is 0 Å². The van der Waals surface area contributed by atoms with Crippen molar-refractivity contribution >= 4 is 16.8 Å². The van der Waals surface area contributed by atoms with Gasteiger partial charge in [-0.2, -0.15) is 0 Å². The highest BCUT2D eigenvalue weighted by molar-refractivity contribution is 7.82. The predicted molar refractivity (Wildman–Crippen MR) is 53.7 cm³/mol. The maximum atomic E-state index is 11.4. The Labute approximate surface area is 82.1 Å². The fraction of sp³-hybridized carbons (Fsp3) is 0.889. The highest BCUT2D eigenvalue weighted by Crippen LogP contribution is 2.18. The van der Waals surface area contributed by atoms with Crippen molar-refractivity contribution in [3.05, 3.63) is 0 Å². The smallest absolute Gasteiger partial charge is 0.133 e. The monoisotopic (exact) mass is 203 g/mol. The van der Waals surface area contributed by atoms with E-state index < -0.39 is 11.0 Å². The maximum absolute atomic E-state index is 11.4. The first-order chi connectivity index (χ1) is 6.15. The molecule has 1 atom stereocenters. The second-order valence-corrected chi connectivity index (χ2v) is 5.16. The minimum Gasteiger partial charge on any atom is -0.300 e. The molecule has 4 heteroatoms. The van der Waals surface area contributed by atoms with Crippen LogP contribution in [0, 0.1) is 5.92 Å². The summed E-state index contributed by atoms with van der Waals surface area (Å²) in [6.07, 6.45) is 1.75. The van der Waals surface area contributed by atoms with Gasteiger partial charge in [0.2, 0.25) is 0 Å². The van der Waals surface area contributed by atoms with Gasteiger partial charge < -0.3 is 0 Å².